The van der Waals surface area contributed by atoms with Crippen molar-refractivity contribution in [1.82, 2.24) is 4.90 Å². The number of anilines is 1. The summed E-state index contributed by atoms with van der Waals surface area (Å²) in [6.45, 7) is 7.38. The van der Waals surface area contributed by atoms with Crippen molar-refractivity contribution in [2.75, 3.05) is 31.6 Å². The molecule has 0 unspecified atom stereocenters. The van der Waals surface area contributed by atoms with Gasteiger partial charge in [-0.15, -0.1) is 0 Å². The molecule has 27 heavy (non-hydrogen) atoms. The van der Waals surface area contributed by atoms with E-state index in [0.717, 1.165) is 19.6 Å². The van der Waals surface area contributed by atoms with Crippen LogP contribution in [0.15, 0.2) is 42.5 Å². The Kier molecular flexibility index (Phi) is 7.99. The van der Waals surface area contributed by atoms with Crippen LogP contribution in [0, 0.1) is 13.7 Å². The molecular weight excluding hydrogens is 461 g/mol. The molecule has 2 aromatic carbocycles. The number of nitro groups is 1. The average Bonchev–Trinajstić information content (AvgIpc) is 2.66. The molecule has 0 aliphatic carbocycles. The van der Waals surface area contributed by atoms with Crippen LogP contribution in [0.4, 0.5) is 11.4 Å². The molecule has 0 heterocycles. The van der Waals surface area contributed by atoms with Crippen molar-refractivity contribution in [3.8, 4) is 5.75 Å². The maximum Gasteiger partial charge on any atom is 0.270 e. The molecule has 0 aliphatic heterocycles. The zero-order valence-corrected chi connectivity index (χ0v) is 17.4. The van der Waals surface area contributed by atoms with Gasteiger partial charge in [-0.05, 0) is 53.9 Å². The Bertz CT molecular complexity index is 809. The second-order valence-electron chi connectivity index (χ2n) is 5.75. The molecule has 2 rings (SSSR count). The summed E-state index contributed by atoms with van der Waals surface area (Å²) >= 11 is 1.99. The second-order valence-corrected chi connectivity index (χ2v) is 6.91. The van der Waals surface area contributed by atoms with Crippen LogP contribution in [-0.4, -0.2) is 42.0 Å². The Labute approximate surface area is 172 Å². The van der Waals surface area contributed by atoms with Crippen molar-refractivity contribution in [2.45, 2.75) is 13.8 Å². The molecule has 7 nitrogen and oxygen atoms in total. The van der Waals surface area contributed by atoms with Crippen LogP contribution >= 0.6 is 22.6 Å². The van der Waals surface area contributed by atoms with Gasteiger partial charge < -0.3 is 15.0 Å². The van der Waals surface area contributed by atoms with Gasteiger partial charge in [0.05, 0.1) is 16.2 Å². The largest absolute Gasteiger partial charge is 0.490 e. The van der Waals surface area contributed by atoms with E-state index in [2.05, 4.69) is 24.1 Å². The summed E-state index contributed by atoms with van der Waals surface area (Å²) in [5.41, 5.74) is 0.663. The molecule has 1 N–H and O–H groups in total. The third kappa shape index (κ3) is 5.90. The van der Waals surface area contributed by atoms with E-state index in [0.29, 0.717) is 21.6 Å². The molecule has 0 fully saturated rings. The summed E-state index contributed by atoms with van der Waals surface area (Å²) in [5, 5.41) is 13.8. The lowest BCUT2D eigenvalue weighted by Gasteiger charge is -2.19. The summed E-state index contributed by atoms with van der Waals surface area (Å²) in [6.07, 6.45) is 0. The number of hydrogen-bond acceptors (Lipinski definition) is 5. The predicted molar refractivity (Wildman–Crippen MR) is 113 cm³/mol. The molecule has 0 spiro atoms. The number of nitro benzene ring substituents is 1. The minimum atomic E-state index is -0.517. The van der Waals surface area contributed by atoms with E-state index in [1.54, 1.807) is 24.3 Å². The van der Waals surface area contributed by atoms with Gasteiger partial charge in [-0.25, -0.2) is 0 Å². The van der Waals surface area contributed by atoms with Gasteiger partial charge in [0.15, 0.2) is 0 Å². The van der Waals surface area contributed by atoms with E-state index in [1.165, 1.54) is 12.1 Å². The summed E-state index contributed by atoms with van der Waals surface area (Å²) in [4.78, 5) is 25.3. The Morgan fingerprint density at radius 1 is 1.22 bits per heavy atom. The lowest BCUT2D eigenvalue weighted by Crippen LogP contribution is -2.28. The van der Waals surface area contributed by atoms with Crippen molar-refractivity contribution in [1.29, 1.82) is 0 Å². The smallest absolute Gasteiger partial charge is 0.270 e. The van der Waals surface area contributed by atoms with Gasteiger partial charge in [-0.3, -0.25) is 14.9 Å². The molecule has 144 valence electrons. The van der Waals surface area contributed by atoms with Crippen molar-refractivity contribution >= 4 is 39.9 Å². The highest BCUT2D eigenvalue weighted by Gasteiger charge is 2.17. The monoisotopic (exact) mass is 483 g/mol. The standard InChI is InChI=1S/C19H22IN3O4/c1-3-22(4-2)11-12-27-18-8-6-5-7-17(18)21-19(24)15-13-14(23(25)26)9-10-16(15)20/h5-10,13H,3-4,11-12H2,1-2H3,(H,21,24). The Hall–Kier alpha value is -2.20. The zero-order valence-electron chi connectivity index (χ0n) is 15.3. The molecule has 0 saturated carbocycles. The number of halogens is 1. The van der Waals surface area contributed by atoms with Gasteiger partial charge in [0, 0.05) is 22.2 Å². The Morgan fingerprint density at radius 3 is 2.59 bits per heavy atom. The van der Waals surface area contributed by atoms with Crippen LogP contribution in [0.25, 0.3) is 0 Å². The lowest BCUT2D eigenvalue weighted by atomic mass is 10.2. The number of rotatable bonds is 9. The predicted octanol–water partition coefficient (Wildman–Crippen LogP) is 4.17. The average molecular weight is 483 g/mol. The lowest BCUT2D eigenvalue weighted by molar-refractivity contribution is -0.384. The Morgan fingerprint density at radius 2 is 1.93 bits per heavy atom. The molecule has 0 aromatic heterocycles. The number of non-ortho nitro benzene ring substituents is 1. The van der Waals surface area contributed by atoms with Gasteiger partial charge in [0.1, 0.15) is 12.4 Å². The quantitative estimate of drug-likeness (QED) is 0.329. The summed E-state index contributed by atoms with van der Waals surface area (Å²) in [6, 6.07) is 11.4. The topological polar surface area (TPSA) is 84.7 Å². The maximum atomic E-state index is 12.6. The van der Waals surface area contributed by atoms with Crippen molar-refractivity contribution in [2.24, 2.45) is 0 Å². The highest BCUT2D eigenvalue weighted by atomic mass is 127. The number of nitrogens with zero attached hydrogens (tertiary/aromatic N) is 2. The van der Waals surface area contributed by atoms with Crippen molar-refractivity contribution < 1.29 is 14.5 Å². The number of benzene rings is 2. The second kappa shape index (κ2) is 10.2. The van der Waals surface area contributed by atoms with E-state index < -0.39 is 10.8 Å². The SMILES string of the molecule is CCN(CC)CCOc1ccccc1NC(=O)c1cc([N+](=O)[O-])ccc1I. The third-order valence-corrected chi connectivity index (χ3v) is 5.04. The van der Waals surface area contributed by atoms with Gasteiger partial charge >= 0.3 is 0 Å². The molecule has 8 heteroatoms. The molecule has 0 aliphatic rings. The minimum absolute atomic E-state index is 0.121. The first-order valence-corrected chi connectivity index (χ1v) is 9.73. The molecule has 0 radical (unpaired) electrons. The number of hydrogen-bond donors (Lipinski definition) is 1. The van der Waals surface area contributed by atoms with Crippen LogP contribution in [0.5, 0.6) is 5.75 Å². The van der Waals surface area contributed by atoms with Gasteiger partial charge in [-0.2, -0.15) is 0 Å². The van der Waals surface area contributed by atoms with E-state index in [9.17, 15) is 14.9 Å². The number of likely N-dealkylation sites (N-methyl/N-ethyl adjacent to an activating group) is 1. The third-order valence-electron chi connectivity index (χ3n) is 4.10. The molecule has 0 bridgehead atoms. The van der Waals surface area contributed by atoms with Gasteiger partial charge in [-0.1, -0.05) is 26.0 Å². The summed E-state index contributed by atoms with van der Waals surface area (Å²) in [5.74, 6) is 0.154. The Balaban J connectivity index is 2.12. The fourth-order valence-corrected chi connectivity index (χ4v) is 3.09. The highest BCUT2D eigenvalue weighted by molar-refractivity contribution is 14.1. The molecule has 0 saturated heterocycles. The summed E-state index contributed by atoms with van der Waals surface area (Å²) < 4.78 is 6.47. The van der Waals surface area contributed by atoms with E-state index in [1.807, 2.05) is 28.7 Å². The highest BCUT2D eigenvalue weighted by Crippen LogP contribution is 2.26. The maximum absolute atomic E-state index is 12.6. The number of nitrogens with one attached hydrogen (secondary N) is 1. The molecular formula is C19H22IN3O4. The normalized spacial score (nSPS) is 10.7. The first-order valence-electron chi connectivity index (χ1n) is 8.65. The van der Waals surface area contributed by atoms with Crippen molar-refractivity contribution in [3.63, 3.8) is 0 Å². The van der Waals surface area contributed by atoms with E-state index in [-0.39, 0.29) is 11.3 Å². The van der Waals surface area contributed by atoms with Crippen LogP contribution < -0.4 is 10.1 Å². The molecule has 0 atom stereocenters. The zero-order chi connectivity index (χ0) is 19.8. The van der Waals surface area contributed by atoms with Gasteiger partial charge in [0.2, 0.25) is 0 Å². The number of carbonyl (C=O) groups excluding carboxylic acids is 1. The molecule has 2 aromatic rings. The number of ether oxygens (including phenoxy) is 1. The fraction of sp³-hybridized carbons (Fsp3) is 0.316. The van der Waals surface area contributed by atoms with Crippen LogP contribution in [0.1, 0.15) is 24.2 Å². The minimum Gasteiger partial charge on any atom is -0.490 e. The molecule has 1 amide bonds. The number of carbonyl (C=O) groups is 1. The van der Waals surface area contributed by atoms with Crippen molar-refractivity contribution in [3.05, 3.63) is 61.7 Å². The van der Waals surface area contributed by atoms with E-state index in [4.69, 9.17) is 4.74 Å². The van der Waals surface area contributed by atoms with Crippen LogP contribution in [0.2, 0.25) is 0 Å². The number of amides is 1. The fourth-order valence-electron chi connectivity index (χ4n) is 2.51. The van der Waals surface area contributed by atoms with Crippen LogP contribution in [-0.2, 0) is 0 Å². The number of para-hydroxylation sites is 2. The van der Waals surface area contributed by atoms with Gasteiger partial charge in [0.25, 0.3) is 11.6 Å². The van der Waals surface area contributed by atoms with E-state index >= 15 is 0 Å². The van der Waals surface area contributed by atoms with Crippen LogP contribution in [0.3, 0.4) is 0 Å². The summed E-state index contributed by atoms with van der Waals surface area (Å²) in [7, 11) is 0. The first kappa shape index (κ1) is 21.1. The first-order chi connectivity index (χ1) is 13.0.